The van der Waals surface area contributed by atoms with Gasteiger partial charge in [-0.15, -0.1) is 0 Å². The second-order valence-corrected chi connectivity index (χ2v) is 6.62. The van der Waals surface area contributed by atoms with Gasteiger partial charge in [-0.3, -0.25) is 14.6 Å². The van der Waals surface area contributed by atoms with Gasteiger partial charge in [-0.25, -0.2) is 0 Å². The molecule has 0 bridgehead atoms. The molecule has 3 rings (SSSR count). The number of hydrogen-bond acceptors (Lipinski definition) is 5. The van der Waals surface area contributed by atoms with Gasteiger partial charge in [0.05, 0.1) is 6.54 Å². The van der Waals surface area contributed by atoms with Gasteiger partial charge < -0.3 is 14.8 Å². The van der Waals surface area contributed by atoms with E-state index in [0.717, 1.165) is 50.6 Å². The van der Waals surface area contributed by atoms with Crippen molar-refractivity contribution in [2.24, 2.45) is 0 Å². The third kappa shape index (κ3) is 4.39. The molecule has 1 aromatic carbocycles. The Bertz CT molecular complexity index is 571. The van der Waals surface area contributed by atoms with Gasteiger partial charge in [-0.1, -0.05) is 13.0 Å². The lowest BCUT2D eigenvalue weighted by atomic mass is 10.1. The van der Waals surface area contributed by atoms with Crippen LogP contribution in [0.15, 0.2) is 18.2 Å². The molecule has 0 aromatic heterocycles. The van der Waals surface area contributed by atoms with E-state index in [1.54, 1.807) is 0 Å². The topological polar surface area (TPSA) is 54.0 Å². The summed E-state index contributed by atoms with van der Waals surface area (Å²) < 4.78 is 10.8. The van der Waals surface area contributed by atoms with Crippen molar-refractivity contribution in [3.8, 4) is 11.5 Å². The fourth-order valence-corrected chi connectivity index (χ4v) is 3.03. The van der Waals surface area contributed by atoms with Gasteiger partial charge in [0.25, 0.3) is 0 Å². The van der Waals surface area contributed by atoms with Crippen molar-refractivity contribution in [2.75, 3.05) is 39.5 Å². The largest absolute Gasteiger partial charge is 0.454 e. The number of hydrogen-bond donors (Lipinski definition) is 1. The average molecular weight is 333 g/mol. The monoisotopic (exact) mass is 333 g/mol. The molecule has 0 spiro atoms. The highest BCUT2D eigenvalue weighted by molar-refractivity contribution is 5.78. The number of nitrogens with one attached hydrogen (secondary N) is 1. The van der Waals surface area contributed by atoms with Crippen LogP contribution in [0.1, 0.15) is 25.8 Å². The van der Waals surface area contributed by atoms with Gasteiger partial charge >= 0.3 is 0 Å². The van der Waals surface area contributed by atoms with E-state index in [9.17, 15) is 4.79 Å². The quantitative estimate of drug-likeness (QED) is 0.854. The zero-order valence-electron chi connectivity index (χ0n) is 14.6. The molecule has 0 unspecified atom stereocenters. The number of rotatable bonds is 6. The Balaban J connectivity index is 1.43. The first kappa shape index (κ1) is 17.0. The molecule has 1 saturated heterocycles. The van der Waals surface area contributed by atoms with Crippen LogP contribution >= 0.6 is 0 Å². The van der Waals surface area contributed by atoms with Crippen LogP contribution in [0.2, 0.25) is 0 Å². The van der Waals surface area contributed by atoms with Gasteiger partial charge in [0.1, 0.15) is 0 Å². The first-order valence-electron chi connectivity index (χ1n) is 8.76. The second kappa shape index (κ2) is 7.85. The molecule has 6 heteroatoms. The minimum absolute atomic E-state index is 0.133. The van der Waals surface area contributed by atoms with Crippen molar-refractivity contribution in [3.05, 3.63) is 23.8 Å². The molecular formula is C18H27N3O3. The van der Waals surface area contributed by atoms with Gasteiger partial charge in [0, 0.05) is 38.8 Å². The Morgan fingerprint density at radius 1 is 1.17 bits per heavy atom. The molecule has 1 amide bonds. The van der Waals surface area contributed by atoms with Crippen molar-refractivity contribution in [1.29, 1.82) is 0 Å². The number of benzene rings is 1. The first-order valence-corrected chi connectivity index (χ1v) is 8.76. The summed E-state index contributed by atoms with van der Waals surface area (Å²) in [5.41, 5.74) is 1.24. The summed E-state index contributed by atoms with van der Waals surface area (Å²) in [6, 6.07) is 6.39. The van der Waals surface area contributed by atoms with Crippen molar-refractivity contribution >= 4 is 5.91 Å². The maximum absolute atomic E-state index is 12.0. The molecule has 1 N–H and O–H groups in total. The third-order valence-electron chi connectivity index (χ3n) is 4.70. The van der Waals surface area contributed by atoms with Gasteiger partial charge in [-0.05, 0) is 31.0 Å². The number of nitrogens with zero attached hydrogens (tertiary/aromatic N) is 2. The molecule has 2 aliphatic heterocycles. The van der Waals surface area contributed by atoms with Crippen LogP contribution in [0, 0.1) is 0 Å². The maximum atomic E-state index is 12.0. The third-order valence-corrected chi connectivity index (χ3v) is 4.70. The molecule has 0 saturated carbocycles. The minimum Gasteiger partial charge on any atom is -0.454 e. The van der Waals surface area contributed by atoms with Crippen LogP contribution in [-0.2, 0) is 11.3 Å². The van der Waals surface area contributed by atoms with E-state index >= 15 is 0 Å². The van der Waals surface area contributed by atoms with E-state index in [-0.39, 0.29) is 11.9 Å². The summed E-state index contributed by atoms with van der Waals surface area (Å²) in [7, 11) is 0. The lowest BCUT2D eigenvalue weighted by Crippen LogP contribution is -2.49. The summed E-state index contributed by atoms with van der Waals surface area (Å²) >= 11 is 0. The lowest BCUT2D eigenvalue weighted by Gasteiger charge is -2.34. The standard InChI is InChI=1S/C18H27N3O3/c1-3-14(2)19-18(22)12-21-8-6-20(7-9-21)11-15-4-5-16-17(10-15)24-13-23-16/h4-5,10,14H,3,6-9,11-13H2,1-2H3,(H,19,22)/t14-/m1/s1. The first-order chi connectivity index (χ1) is 11.6. The Hall–Kier alpha value is -1.79. The Morgan fingerprint density at radius 3 is 2.62 bits per heavy atom. The van der Waals surface area contributed by atoms with Crippen LogP contribution in [0.3, 0.4) is 0 Å². The summed E-state index contributed by atoms with van der Waals surface area (Å²) in [4.78, 5) is 16.6. The van der Waals surface area contributed by atoms with Crippen LogP contribution in [0.5, 0.6) is 11.5 Å². The normalized spacial score (nSPS) is 19.2. The molecule has 0 radical (unpaired) electrons. The van der Waals surface area contributed by atoms with Gasteiger partial charge in [0.15, 0.2) is 11.5 Å². The van der Waals surface area contributed by atoms with Gasteiger partial charge in [0.2, 0.25) is 12.7 Å². The molecule has 2 aliphatic rings. The highest BCUT2D eigenvalue weighted by Gasteiger charge is 2.20. The molecule has 0 aliphatic carbocycles. The summed E-state index contributed by atoms with van der Waals surface area (Å²) in [5, 5.41) is 3.03. The molecule has 2 heterocycles. The molecular weight excluding hydrogens is 306 g/mol. The van der Waals surface area contributed by atoms with E-state index in [4.69, 9.17) is 9.47 Å². The van der Waals surface area contributed by atoms with Crippen LogP contribution < -0.4 is 14.8 Å². The average Bonchev–Trinajstić information content (AvgIpc) is 3.04. The summed E-state index contributed by atoms with van der Waals surface area (Å²) in [6.45, 7) is 9.66. The summed E-state index contributed by atoms with van der Waals surface area (Å²) in [6.07, 6.45) is 0.967. The number of amides is 1. The lowest BCUT2D eigenvalue weighted by molar-refractivity contribution is -0.123. The van der Waals surface area contributed by atoms with E-state index in [1.165, 1.54) is 5.56 Å². The van der Waals surface area contributed by atoms with E-state index in [1.807, 2.05) is 13.0 Å². The van der Waals surface area contributed by atoms with Crippen molar-refractivity contribution < 1.29 is 14.3 Å². The molecule has 1 fully saturated rings. The zero-order valence-corrected chi connectivity index (χ0v) is 14.6. The number of carbonyl (C=O) groups excluding carboxylic acids is 1. The zero-order chi connectivity index (χ0) is 16.9. The van der Waals surface area contributed by atoms with Gasteiger partial charge in [-0.2, -0.15) is 0 Å². The smallest absolute Gasteiger partial charge is 0.234 e. The number of carbonyl (C=O) groups is 1. The summed E-state index contributed by atoms with van der Waals surface area (Å²) in [5.74, 6) is 1.80. The molecule has 24 heavy (non-hydrogen) atoms. The number of fused-ring (bicyclic) bond motifs is 1. The Labute approximate surface area is 143 Å². The van der Waals surface area contributed by atoms with Crippen LogP contribution in [0.25, 0.3) is 0 Å². The number of piperazine rings is 1. The number of ether oxygens (including phenoxy) is 2. The predicted molar refractivity (Wildman–Crippen MR) is 92.2 cm³/mol. The van der Waals surface area contributed by atoms with Crippen LogP contribution in [0.4, 0.5) is 0 Å². The molecule has 6 nitrogen and oxygen atoms in total. The SMILES string of the molecule is CC[C@@H](C)NC(=O)CN1CCN(Cc2ccc3c(c2)OCO3)CC1. The van der Waals surface area contributed by atoms with Crippen molar-refractivity contribution in [1.82, 2.24) is 15.1 Å². The van der Waals surface area contributed by atoms with E-state index < -0.39 is 0 Å². The second-order valence-electron chi connectivity index (χ2n) is 6.62. The fraction of sp³-hybridized carbons (Fsp3) is 0.611. The molecule has 132 valence electrons. The minimum atomic E-state index is 0.133. The van der Waals surface area contributed by atoms with E-state index in [2.05, 4.69) is 34.2 Å². The van der Waals surface area contributed by atoms with Crippen molar-refractivity contribution in [2.45, 2.75) is 32.9 Å². The van der Waals surface area contributed by atoms with Crippen molar-refractivity contribution in [3.63, 3.8) is 0 Å². The fourth-order valence-electron chi connectivity index (χ4n) is 3.03. The Kier molecular flexibility index (Phi) is 5.58. The Morgan fingerprint density at radius 2 is 1.88 bits per heavy atom. The highest BCUT2D eigenvalue weighted by Crippen LogP contribution is 2.32. The van der Waals surface area contributed by atoms with Crippen LogP contribution in [-0.4, -0.2) is 61.3 Å². The molecule has 1 atom stereocenters. The van der Waals surface area contributed by atoms with E-state index in [0.29, 0.717) is 13.3 Å². The molecule has 1 aromatic rings. The maximum Gasteiger partial charge on any atom is 0.234 e. The highest BCUT2D eigenvalue weighted by atomic mass is 16.7. The predicted octanol–water partition coefficient (Wildman–Crippen LogP) is 1.45.